The predicted molar refractivity (Wildman–Crippen MR) is 111 cm³/mol. The van der Waals surface area contributed by atoms with E-state index in [0.717, 1.165) is 44.1 Å². The maximum absolute atomic E-state index is 4.49. The molecule has 4 rings (SSSR count). The summed E-state index contributed by atoms with van der Waals surface area (Å²) in [5.41, 5.74) is 3.69. The molecule has 5 nitrogen and oxygen atoms in total. The lowest BCUT2D eigenvalue weighted by Gasteiger charge is -2.22. The Morgan fingerprint density at radius 2 is 1.96 bits per heavy atom. The number of nitrogens with zero attached hydrogens (tertiary/aromatic N) is 4. The molecule has 5 heteroatoms. The highest BCUT2D eigenvalue weighted by Gasteiger charge is 2.25. The minimum absolute atomic E-state index is 0.599. The molecule has 1 saturated heterocycles. The molecule has 0 radical (unpaired) electrons. The largest absolute Gasteiger partial charge is 0.356 e. The summed E-state index contributed by atoms with van der Waals surface area (Å²) in [5, 5.41) is 3.54. The van der Waals surface area contributed by atoms with E-state index in [1.807, 2.05) is 19.4 Å². The van der Waals surface area contributed by atoms with Crippen molar-refractivity contribution in [1.29, 1.82) is 0 Å². The maximum Gasteiger partial charge on any atom is 0.193 e. The molecule has 0 bridgehead atoms. The van der Waals surface area contributed by atoms with Gasteiger partial charge in [-0.1, -0.05) is 42.5 Å². The van der Waals surface area contributed by atoms with Gasteiger partial charge in [-0.25, -0.2) is 4.98 Å². The van der Waals surface area contributed by atoms with Gasteiger partial charge in [-0.05, 0) is 30.5 Å². The van der Waals surface area contributed by atoms with E-state index in [9.17, 15) is 0 Å². The average Bonchev–Trinajstić information content (AvgIpc) is 3.36. The summed E-state index contributed by atoms with van der Waals surface area (Å²) in [6.07, 6.45) is 4.16. The fraction of sp³-hybridized carbons (Fsp3) is 0.364. The number of benzene rings is 2. The van der Waals surface area contributed by atoms with Crippen molar-refractivity contribution < 1.29 is 0 Å². The molecule has 0 aliphatic carbocycles. The van der Waals surface area contributed by atoms with Crippen molar-refractivity contribution in [2.45, 2.75) is 25.3 Å². The van der Waals surface area contributed by atoms with Crippen molar-refractivity contribution in [1.82, 2.24) is 19.8 Å². The molecule has 2 heterocycles. The highest BCUT2D eigenvalue weighted by atomic mass is 15.3. The highest BCUT2D eigenvalue weighted by Crippen LogP contribution is 2.26. The topological polar surface area (TPSA) is 45.5 Å². The van der Waals surface area contributed by atoms with Gasteiger partial charge in [0.25, 0.3) is 0 Å². The first-order chi connectivity index (χ1) is 13.3. The number of guanidine groups is 1. The lowest BCUT2D eigenvalue weighted by molar-refractivity contribution is 0.482. The number of hydrogen-bond donors (Lipinski definition) is 1. The van der Waals surface area contributed by atoms with Gasteiger partial charge in [-0.15, -0.1) is 0 Å². The molecule has 27 heavy (non-hydrogen) atoms. The molecule has 1 aliphatic rings. The molecule has 1 N–H and O–H groups in total. The van der Waals surface area contributed by atoms with Crippen LogP contribution in [0.3, 0.4) is 0 Å². The monoisotopic (exact) mass is 361 g/mol. The fourth-order valence-corrected chi connectivity index (χ4v) is 3.92. The third-order valence-corrected chi connectivity index (χ3v) is 5.36. The highest BCUT2D eigenvalue weighted by molar-refractivity contribution is 5.80. The quantitative estimate of drug-likeness (QED) is 0.430. The summed E-state index contributed by atoms with van der Waals surface area (Å²) in [6.45, 7) is 3.96. The van der Waals surface area contributed by atoms with E-state index >= 15 is 0 Å². The van der Waals surface area contributed by atoms with E-state index in [2.05, 4.69) is 73.3 Å². The van der Waals surface area contributed by atoms with Crippen LogP contribution in [0.4, 0.5) is 0 Å². The summed E-state index contributed by atoms with van der Waals surface area (Å²) in [6, 6.07) is 19.1. The zero-order chi connectivity index (χ0) is 18.5. The molecule has 1 aliphatic heterocycles. The number of likely N-dealkylation sites (tertiary alicyclic amines) is 1. The lowest BCUT2D eigenvalue weighted by atomic mass is 9.99. The number of aryl methyl sites for hydroxylation is 1. The molecular formula is C22H27N5. The van der Waals surface area contributed by atoms with Gasteiger partial charge < -0.3 is 14.8 Å². The molecule has 140 valence electrons. The molecule has 1 fully saturated rings. The van der Waals surface area contributed by atoms with Crippen LogP contribution in [0.1, 0.15) is 24.3 Å². The van der Waals surface area contributed by atoms with Gasteiger partial charge in [0, 0.05) is 39.1 Å². The molecule has 2 aromatic carbocycles. The summed E-state index contributed by atoms with van der Waals surface area (Å²) >= 11 is 0. The Hall–Kier alpha value is -2.82. The van der Waals surface area contributed by atoms with Gasteiger partial charge >= 0.3 is 0 Å². The number of rotatable bonds is 5. The summed E-state index contributed by atoms with van der Waals surface area (Å²) < 4.78 is 2.22. The molecule has 0 amide bonds. The molecular weight excluding hydrogens is 334 g/mol. The number of fused-ring (bicyclic) bond motifs is 1. The van der Waals surface area contributed by atoms with Gasteiger partial charge in [0.1, 0.15) is 0 Å². The van der Waals surface area contributed by atoms with Crippen molar-refractivity contribution in [3.05, 3.63) is 66.5 Å². The predicted octanol–water partition coefficient (Wildman–Crippen LogP) is 3.49. The fourth-order valence-electron chi connectivity index (χ4n) is 3.92. The van der Waals surface area contributed by atoms with Crippen molar-refractivity contribution >= 4 is 17.0 Å². The average molecular weight is 361 g/mol. The van der Waals surface area contributed by atoms with Gasteiger partial charge in [0.05, 0.1) is 17.4 Å². The van der Waals surface area contributed by atoms with E-state index in [0.29, 0.717) is 5.92 Å². The van der Waals surface area contributed by atoms with Crippen LogP contribution < -0.4 is 5.32 Å². The number of aromatic nitrogens is 2. The van der Waals surface area contributed by atoms with Crippen LogP contribution in [0, 0.1) is 0 Å². The molecule has 1 aromatic heterocycles. The van der Waals surface area contributed by atoms with Crippen LogP contribution in [0.25, 0.3) is 11.0 Å². The molecule has 1 unspecified atom stereocenters. The Balaban J connectivity index is 1.27. The number of aliphatic imine (C=N–C) groups is 1. The second-order valence-electron chi connectivity index (χ2n) is 7.10. The zero-order valence-corrected chi connectivity index (χ0v) is 15.9. The number of para-hydroxylation sites is 2. The first-order valence-electron chi connectivity index (χ1n) is 9.75. The van der Waals surface area contributed by atoms with E-state index in [1.165, 1.54) is 17.5 Å². The Labute approximate surface area is 160 Å². The second-order valence-corrected chi connectivity index (χ2v) is 7.10. The minimum Gasteiger partial charge on any atom is -0.356 e. The SMILES string of the molecule is CN=C(NCCCn1cnc2ccccc21)N1CCC(c2ccccc2)C1. The maximum atomic E-state index is 4.49. The Kier molecular flexibility index (Phi) is 5.37. The summed E-state index contributed by atoms with van der Waals surface area (Å²) in [4.78, 5) is 11.3. The Morgan fingerprint density at radius 3 is 2.81 bits per heavy atom. The van der Waals surface area contributed by atoms with Crippen molar-refractivity contribution in [2.24, 2.45) is 4.99 Å². The van der Waals surface area contributed by atoms with Crippen LogP contribution >= 0.6 is 0 Å². The first kappa shape index (κ1) is 17.6. The van der Waals surface area contributed by atoms with Gasteiger partial charge in [0.2, 0.25) is 0 Å². The molecule has 1 atom stereocenters. The lowest BCUT2D eigenvalue weighted by Crippen LogP contribution is -2.40. The number of nitrogens with one attached hydrogen (secondary N) is 1. The third kappa shape index (κ3) is 3.97. The van der Waals surface area contributed by atoms with E-state index in [-0.39, 0.29) is 0 Å². The van der Waals surface area contributed by atoms with Crippen molar-refractivity contribution in [2.75, 3.05) is 26.7 Å². The normalized spacial score (nSPS) is 17.6. The van der Waals surface area contributed by atoms with Crippen LogP contribution in [-0.2, 0) is 6.54 Å². The van der Waals surface area contributed by atoms with Gasteiger partial charge in [-0.3, -0.25) is 4.99 Å². The van der Waals surface area contributed by atoms with Crippen LogP contribution in [-0.4, -0.2) is 47.1 Å². The molecule has 3 aromatic rings. The van der Waals surface area contributed by atoms with E-state index < -0.39 is 0 Å². The number of hydrogen-bond acceptors (Lipinski definition) is 2. The molecule has 0 saturated carbocycles. The van der Waals surface area contributed by atoms with Crippen molar-refractivity contribution in [3.63, 3.8) is 0 Å². The summed E-state index contributed by atoms with van der Waals surface area (Å²) in [7, 11) is 1.88. The van der Waals surface area contributed by atoms with Crippen molar-refractivity contribution in [3.8, 4) is 0 Å². The second kappa shape index (κ2) is 8.25. The van der Waals surface area contributed by atoms with Gasteiger partial charge in [-0.2, -0.15) is 0 Å². The van der Waals surface area contributed by atoms with Gasteiger partial charge in [0.15, 0.2) is 5.96 Å². The van der Waals surface area contributed by atoms with E-state index in [1.54, 1.807) is 0 Å². The van der Waals surface area contributed by atoms with E-state index in [4.69, 9.17) is 0 Å². The zero-order valence-electron chi connectivity index (χ0n) is 15.9. The summed E-state index contributed by atoms with van der Waals surface area (Å²) in [5.74, 6) is 1.62. The third-order valence-electron chi connectivity index (χ3n) is 5.36. The molecule has 0 spiro atoms. The van der Waals surface area contributed by atoms with Crippen LogP contribution in [0.2, 0.25) is 0 Å². The first-order valence-corrected chi connectivity index (χ1v) is 9.75. The smallest absolute Gasteiger partial charge is 0.193 e. The Morgan fingerprint density at radius 1 is 1.15 bits per heavy atom. The minimum atomic E-state index is 0.599. The Bertz CT molecular complexity index is 899. The van der Waals surface area contributed by atoms with Crippen LogP contribution in [0.15, 0.2) is 65.9 Å². The number of imidazole rings is 1. The van der Waals surface area contributed by atoms with Crippen LogP contribution in [0.5, 0.6) is 0 Å². The standard InChI is InChI=1S/C22H27N5/c1-23-22(26-15-12-19(16-26)18-8-3-2-4-9-18)24-13-7-14-27-17-25-20-10-5-6-11-21(20)27/h2-6,8-11,17,19H,7,12-16H2,1H3,(H,23,24).